The number of hydrogen-bond donors (Lipinski definition) is 2. The van der Waals surface area contributed by atoms with Crippen molar-refractivity contribution in [3.05, 3.63) is 24.7 Å². The van der Waals surface area contributed by atoms with E-state index in [9.17, 15) is 5.11 Å². The first-order valence-electron chi connectivity index (χ1n) is 4.68. The van der Waals surface area contributed by atoms with Gasteiger partial charge in [0.15, 0.2) is 5.69 Å². The van der Waals surface area contributed by atoms with E-state index in [1.54, 1.807) is 6.07 Å². The Morgan fingerprint density at radius 1 is 1.29 bits per heavy atom. The van der Waals surface area contributed by atoms with Crippen molar-refractivity contribution in [2.24, 2.45) is 0 Å². The molecule has 0 saturated carbocycles. The standard InChI is InChI=1S/C9H6N6O2/c16-7-4-10-2-1-5(7)9-12-8(14-17-9)6-3-11-15-13-6/h1-4,16H,(H,11,13,15). The minimum absolute atomic E-state index is 0.0251. The van der Waals surface area contributed by atoms with E-state index < -0.39 is 0 Å². The lowest BCUT2D eigenvalue weighted by molar-refractivity contribution is 0.425. The smallest absolute Gasteiger partial charge is 0.262 e. The Balaban J connectivity index is 2.04. The second kappa shape index (κ2) is 3.67. The highest BCUT2D eigenvalue weighted by molar-refractivity contribution is 5.62. The van der Waals surface area contributed by atoms with Gasteiger partial charge in [-0.2, -0.15) is 20.4 Å². The van der Waals surface area contributed by atoms with Gasteiger partial charge in [0.2, 0.25) is 5.82 Å². The quantitative estimate of drug-likeness (QED) is 0.663. The van der Waals surface area contributed by atoms with E-state index in [-0.39, 0.29) is 11.6 Å². The average molecular weight is 230 g/mol. The maximum absolute atomic E-state index is 9.58. The van der Waals surface area contributed by atoms with Gasteiger partial charge in [0.25, 0.3) is 5.89 Å². The molecule has 0 saturated heterocycles. The monoisotopic (exact) mass is 230 g/mol. The fourth-order valence-corrected chi connectivity index (χ4v) is 1.31. The Morgan fingerprint density at radius 3 is 3.00 bits per heavy atom. The van der Waals surface area contributed by atoms with Gasteiger partial charge in [0, 0.05) is 6.20 Å². The van der Waals surface area contributed by atoms with Gasteiger partial charge in [-0.1, -0.05) is 5.16 Å². The van der Waals surface area contributed by atoms with E-state index in [0.717, 1.165) is 0 Å². The number of hydrogen-bond acceptors (Lipinski definition) is 7. The molecule has 8 heteroatoms. The molecular weight excluding hydrogens is 224 g/mol. The topological polar surface area (TPSA) is 114 Å². The number of pyridine rings is 1. The highest BCUT2D eigenvalue weighted by Gasteiger charge is 2.14. The van der Waals surface area contributed by atoms with Crippen molar-refractivity contribution >= 4 is 0 Å². The lowest BCUT2D eigenvalue weighted by atomic mass is 10.2. The van der Waals surface area contributed by atoms with Gasteiger partial charge in [0.1, 0.15) is 5.75 Å². The van der Waals surface area contributed by atoms with Crippen molar-refractivity contribution in [2.75, 3.05) is 0 Å². The molecule has 0 aliphatic rings. The molecule has 2 N–H and O–H groups in total. The normalized spacial score (nSPS) is 10.6. The number of rotatable bonds is 2. The van der Waals surface area contributed by atoms with Crippen LogP contribution in [0.3, 0.4) is 0 Å². The van der Waals surface area contributed by atoms with Crippen LogP contribution in [0.25, 0.3) is 23.0 Å². The largest absolute Gasteiger partial charge is 0.505 e. The first kappa shape index (κ1) is 9.46. The highest BCUT2D eigenvalue weighted by Crippen LogP contribution is 2.27. The van der Waals surface area contributed by atoms with Crippen LogP contribution in [0.2, 0.25) is 0 Å². The summed E-state index contributed by atoms with van der Waals surface area (Å²) < 4.78 is 5.02. The van der Waals surface area contributed by atoms with E-state index in [1.165, 1.54) is 18.6 Å². The Bertz CT molecular complexity index is 632. The summed E-state index contributed by atoms with van der Waals surface area (Å²) in [5.41, 5.74) is 0.885. The van der Waals surface area contributed by atoms with Crippen LogP contribution < -0.4 is 0 Å². The first-order chi connectivity index (χ1) is 8.34. The molecule has 0 radical (unpaired) electrons. The van der Waals surface area contributed by atoms with E-state index >= 15 is 0 Å². The molecule has 17 heavy (non-hydrogen) atoms. The van der Waals surface area contributed by atoms with E-state index in [2.05, 4.69) is 30.5 Å². The summed E-state index contributed by atoms with van der Waals surface area (Å²) in [5, 5.41) is 23.2. The number of nitrogens with one attached hydrogen (secondary N) is 1. The van der Waals surface area contributed by atoms with Crippen LogP contribution in [0.5, 0.6) is 5.75 Å². The minimum Gasteiger partial charge on any atom is -0.505 e. The van der Waals surface area contributed by atoms with Gasteiger partial charge < -0.3 is 9.63 Å². The van der Waals surface area contributed by atoms with E-state index in [0.29, 0.717) is 17.1 Å². The summed E-state index contributed by atoms with van der Waals surface area (Å²) in [4.78, 5) is 7.86. The average Bonchev–Trinajstić information content (AvgIpc) is 3.00. The molecule has 0 fully saturated rings. The molecule has 3 rings (SSSR count). The van der Waals surface area contributed by atoms with Crippen LogP contribution in [-0.4, -0.2) is 35.6 Å². The van der Waals surface area contributed by atoms with Gasteiger partial charge in [-0.15, -0.1) is 0 Å². The summed E-state index contributed by atoms with van der Waals surface area (Å²) in [6.45, 7) is 0. The second-order valence-electron chi connectivity index (χ2n) is 3.17. The van der Waals surface area contributed by atoms with Crippen molar-refractivity contribution in [3.63, 3.8) is 0 Å². The van der Waals surface area contributed by atoms with Crippen LogP contribution in [0.15, 0.2) is 29.2 Å². The van der Waals surface area contributed by atoms with Gasteiger partial charge in [-0.05, 0) is 6.07 Å². The predicted octanol–water partition coefficient (Wildman–Crippen LogP) is 0.622. The van der Waals surface area contributed by atoms with Gasteiger partial charge in [0.05, 0.1) is 18.0 Å². The molecule has 0 unspecified atom stereocenters. The molecule has 3 aromatic rings. The van der Waals surface area contributed by atoms with E-state index in [4.69, 9.17) is 4.52 Å². The van der Waals surface area contributed by atoms with Gasteiger partial charge in [-0.25, -0.2) is 0 Å². The molecule has 0 aliphatic heterocycles. The highest BCUT2D eigenvalue weighted by atomic mass is 16.5. The molecule has 0 aliphatic carbocycles. The number of H-pyrrole nitrogens is 1. The number of aromatic hydroxyl groups is 1. The molecule has 3 aromatic heterocycles. The Hall–Kier alpha value is -2.77. The molecule has 84 valence electrons. The van der Waals surface area contributed by atoms with Gasteiger partial charge in [-0.3, -0.25) is 4.98 Å². The predicted molar refractivity (Wildman–Crippen MR) is 54.6 cm³/mol. The zero-order valence-electron chi connectivity index (χ0n) is 8.40. The Labute approximate surface area is 94.3 Å². The third-order valence-electron chi connectivity index (χ3n) is 2.10. The Morgan fingerprint density at radius 2 is 2.24 bits per heavy atom. The molecule has 0 aromatic carbocycles. The fourth-order valence-electron chi connectivity index (χ4n) is 1.31. The number of aromatic amines is 1. The van der Waals surface area contributed by atoms with E-state index in [1.807, 2.05) is 0 Å². The van der Waals surface area contributed by atoms with Crippen LogP contribution in [0.4, 0.5) is 0 Å². The third kappa shape index (κ3) is 1.61. The van der Waals surface area contributed by atoms with Crippen molar-refractivity contribution in [3.8, 4) is 28.7 Å². The van der Waals surface area contributed by atoms with Crippen LogP contribution in [0.1, 0.15) is 0 Å². The molecule has 0 spiro atoms. The minimum atomic E-state index is -0.0251. The summed E-state index contributed by atoms with van der Waals surface area (Å²) in [6, 6.07) is 1.58. The maximum Gasteiger partial charge on any atom is 0.262 e. The lowest BCUT2D eigenvalue weighted by Crippen LogP contribution is -1.82. The molecule has 8 nitrogen and oxygen atoms in total. The molecule has 0 bridgehead atoms. The third-order valence-corrected chi connectivity index (χ3v) is 2.10. The SMILES string of the molecule is Oc1cnccc1-c1nc(-c2cn[nH]n2)no1. The number of nitrogens with zero attached hydrogens (tertiary/aromatic N) is 5. The molecule has 3 heterocycles. The second-order valence-corrected chi connectivity index (χ2v) is 3.17. The van der Waals surface area contributed by atoms with Crippen molar-refractivity contribution in [1.82, 2.24) is 30.5 Å². The Kier molecular flexibility index (Phi) is 2.04. The molecule has 0 atom stereocenters. The first-order valence-corrected chi connectivity index (χ1v) is 4.68. The summed E-state index contributed by atoms with van der Waals surface area (Å²) >= 11 is 0. The van der Waals surface area contributed by atoms with Gasteiger partial charge >= 0.3 is 0 Å². The lowest BCUT2D eigenvalue weighted by Gasteiger charge is -1.95. The molecule has 0 amide bonds. The van der Waals surface area contributed by atoms with Crippen LogP contribution in [0, 0.1) is 0 Å². The van der Waals surface area contributed by atoms with Crippen molar-refractivity contribution in [2.45, 2.75) is 0 Å². The summed E-state index contributed by atoms with van der Waals surface area (Å²) in [6.07, 6.45) is 4.30. The summed E-state index contributed by atoms with van der Waals surface area (Å²) in [7, 11) is 0. The van der Waals surface area contributed by atoms with Crippen LogP contribution in [-0.2, 0) is 0 Å². The fraction of sp³-hybridized carbons (Fsp3) is 0. The molecular formula is C9H6N6O2. The zero-order valence-corrected chi connectivity index (χ0v) is 8.40. The zero-order chi connectivity index (χ0) is 11.7. The van der Waals surface area contributed by atoms with Crippen LogP contribution >= 0.6 is 0 Å². The van der Waals surface area contributed by atoms with Crippen molar-refractivity contribution in [1.29, 1.82) is 0 Å². The summed E-state index contributed by atoms with van der Waals surface area (Å²) in [5.74, 6) is 0.468. The van der Waals surface area contributed by atoms with Crippen molar-refractivity contribution < 1.29 is 9.63 Å². The number of aromatic nitrogens is 6. The maximum atomic E-state index is 9.58.